The van der Waals surface area contributed by atoms with Crippen molar-refractivity contribution < 1.29 is 9.59 Å². The van der Waals surface area contributed by atoms with Crippen LogP contribution in [0.15, 0.2) is 0 Å². The molecule has 4 heteroatoms. The zero-order valence-corrected chi connectivity index (χ0v) is 13.1. The van der Waals surface area contributed by atoms with E-state index in [1.807, 2.05) is 18.7 Å². The maximum Gasteiger partial charge on any atom is 0.245 e. The summed E-state index contributed by atoms with van der Waals surface area (Å²) in [5.74, 6) is 0.165. The van der Waals surface area contributed by atoms with Crippen LogP contribution in [0.4, 0.5) is 0 Å². The van der Waals surface area contributed by atoms with Gasteiger partial charge in [-0.1, -0.05) is 40.0 Å². The highest BCUT2D eigenvalue weighted by atomic mass is 16.2. The molecule has 0 aromatic heterocycles. The van der Waals surface area contributed by atoms with Crippen molar-refractivity contribution in [2.24, 2.45) is 5.41 Å². The SMILES string of the molecule is CCCC1NC(=O)C(CC)N(CC2(C)CCCC2)C1=O. The number of hydrogen-bond donors (Lipinski definition) is 1. The third-order valence-electron chi connectivity index (χ3n) is 4.90. The molecule has 0 radical (unpaired) electrons. The average molecular weight is 280 g/mol. The number of amides is 2. The largest absolute Gasteiger partial charge is 0.343 e. The molecule has 2 amide bonds. The maximum absolute atomic E-state index is 12.7. The van der Waals surface area contributed by atoms with Crippen LogP contribution in [0.3, 0.4) is 0 Å². The first kappa shape index (κ1) is 15.3. The highest BCUT2D eigenvalue weighted by Crippen LogP contribution is 2.39. The molecule has 1 aliphatic heterocycles. The Balaban J connectivity index is 2.15. The van der Waals surface area contributed by atoms with Crippen LogP contribution in [0, 0.1) is 5.41 Å². The third-order valence-corrected chi connectivity index (χ3v) is 4.90. The smallest absolute Gasteiger partial charge is 0.245 e. The van der Waals surface area contributed by atoms with E-state index in [0.29, 0.717) is 6.42 Å². The summed E-state index contributed by atoms with van der Waals surface area (Å²) in [7, 11) is 0. The molecular weight excluding hydrogens is 252 g/mol. The van der Waals surface area contributed by atoms with Crippen molar-refractivity contribution in [1.29, 1.82) is 0 Å². The lowest BCUT2D eigenvalue weighted by Crippen LogP contribution is -2.64. The third kappa shape index (κ3) is 2.99. The molecular formula is C16H28N2O2. The van der Waals surface area contributed by atoms with Gasteiger partial charge in [-0.25, -0.2) is 0 Å². The Morgan fingerprint density at radius 2 is 1.90 bits per heavy atom. The Kier molecular flexibility index (Phi) is 4.71. The highest BCUT2D eigenvalue weighted by Gasteiger charge is 2.42. The Morgan fingerprint density at radius 1 is 1.25 bits per heavy atom. The zero-order chi connectivity index (χ0) is 14.8. The maximum atomic E-state index is 12.7. The van der Waals surface area contributed by atoms with Crippen LogP contribution in [-0.2, 0) is 9.59 Å². The molecule has 2 rings (SSSR count). The van der Waals surface area contributed by atoms with Crippen LogP contribution in [0.1, 0.15) is 65.7 Å². The van der Waals surface area contributed by atoms with E-state index < -0.39 is 0 Å². The van der Waals surface area contributed by atoms with E-state index in [0.717, 1.165) is 19.4 Å². The molecule has 1 aliphatic carbocycles. The molecule has 0 aromatic carbocycles. The molecule has 2 atom stereocenters. The van der Waals surface area contributed by atoms with Crippen LogP contribution in [0.5, 0.6) is 0 Å². The second-order valence-electron chi connectivity index (χ2n) is 6.76. The quantitative estimate of drug-likeness (QED) is 0.841. The fourth-order valence-corrected chi connectivity index (χ4v) is 3.70. The topological polar surface area (TPSA) is 49.4 Å². The normalized spacial score (nSPS) is 29.6. The summed E-state index contributed by atoms with van der Waals surface area (Å²) in [6, 6.07) is -0.576. The Labute approximate surface area is 122 Å². The van der Waals surface area contributed by atoms with Gasteiger partial charge in [0.15, 0.2) is 0 Å². The summed E-state index contributed by atoms with van der Waals surface area (Å²) in [4.78, 5) is 26.8. The number of hydrogen-bond acceptors (Lipinski definition) is 2. The molecule has 1 heterocycles. The van der Waals surface area contributed by atoms with Crippen molar-refractivity contribution >= 4 is 11.8 Å². The van der Waals surface area contributed by atoms with Crippen LogP contribution >= 0.6 is 0 Å². The van der Waals surface area contributed by atoms with Crippen molar-refractivity contribution in [2.45, 2.75) is 77.8 Å². The summed E-state index contributed by atoms with van der Waals surface area (Å²) >= 11 is 0. The molecule has 1 saturated heterocycles. The lowest BCUT2D eigenvalue weighted by Gasteiger charge is -2.42. The minimum Gasteiger partial charge on any atom is -0.343 e. The van der Waals surface area contributed by atoms with E-state index in [1.54, 1.807) is 0 Å². The van der Waals surface area contributed by atoms with Gasteiger partial charge in [0, 0.05) is 6.54 Å². The van der Waals surface area contributed by atoms with E-state index in [2.05, 4.69) is 12.2 Å². The first-order chi connectivity index (χ1) is 9.50. The number of rotatable bonds is 5. The Morgan fingerprint density at radius 3 is 2.45 bits per heavy atom. The lowest BCUT2D eigenvalue weighted by molar-refractivity contribution is -0.151. The van der Waals surface area contributed by atoms with E-state index in [1.165, 1.54) is 25.7 Å². The van der Waals surface area contributed by atoms with Gasteiger partial charge in [0.05, 0.1) is 0 Å². The molecule has 2 unspecified atom stereocenters. The summed E-state index contributed by atoms with van der Waals surface area (Å²) in [6.45, 7) is 7.05. The van der Waals surface area contributed by atoms with Gasteiger partial charge in [-0.15, -0.1) is 0 Å². The fraction of sp³-hybridized carbons (Fsp3) is 0.875. The molecule has 1 saturated carbocycles. The average Bonchev–Trinajstić information content (AvgIpc) is 2.83. The molecule has 4 nitrogen and oxygen atoms in total. The summed E-state index contributed by atoms with van der Waals surface area (Å²) in [5.41, 5.74) is 0.206. The van der Waals surface area contributed by atoms with E-state index in [-0.39, 0.29) is 29.3 Å². The molecule has 0 spiro atoms. The van der Waals surface area contributed by atoms with E-state index in [9.17, 15) is 9.59 Å². The van der Waals surface area contributed by atoms with Gasteiger partial charge < -0.3 is 10.2 Å². The Bertz CT molecular complexity index is 375. The van der Waals surface area contributed by atoms with Crippen molar-refractivity contribution in [3.63, 3.8) is 0 Å². The molecule has 2 fully saturated rings. The standard InChI is InChI=1S/C16H28N2O2/c1-4-8-12-15(20)18(13(5-2)14(19)17-12)11-16(3)9-6-7-10-16/h12-13H,4-11H2,1-3H3,(H,17,19). The monoisotopic (exact) mass is 280 g/mol. The van der Waals surface area contributed by atoms with Crippen molar-refractivity contribution in [3.8, 4) is 0 Å². The van der Waals surface area contributed by atoms with Gasteiger partial charge >= 0.3 is 0 Å². The van der Waals surface area contributed by atoms with Crippen LogP contribution in [0.25, 0.3) is 0 Å². The number of carbonyl (C=O) groups excluding carboxylic acids is 2. The molecule has 20 heavy (non-hydrogen) atoms. The zero-order valence-electron chi connectivity index (χ0n) is 13.1. The van der Waals surface area contributed by atoms with Crippen molar-refractivity contribution in [1.82, 2.24) is 10.2 Å². The van der Waals surface area contributed by atoms with Crippen LogP contribution < -0.4 is 5.32 Å². The number of piperazine rings is 1. The van der Waals surface area contributed by atoms with Gasteiger partial charge in [-0.3, -0.25) is 9.59 Å². The molecule has 0 bridgehead atoms. The van der Waals surface area contributed by atoms with E-state index >= 15 is 0 Å². The van der Waals surface area contributed by atoms with Gasteiger partial charge in [0.25, 0.3) is 0 Å². The van der Waals surface area contributed by atoms with Gasteiger partial charge in [0.1, 0.15) is 12.1 Å². The van der Waals surface area contributed by atoms with E-state index in [4.69, 9.17) is 0 Å². The first-order valence-corrected chi connectivity index (χ1v) is 8.11. The number of nitrogens with zero attached hydrogens (tertiary/aromatic N) is 1. The molecule has 2 aliphatic rings. The van der Waals surface area contributed by atoms with Crippen molar-refractivity contribution in [3.05, 3.63) is 0 Å². The van der Waals surface area contributed by atoms with Crippen LogP contribution in [0.2, 0.25) is 0 Å². The first-order valence-electron chi connectivity index (χ1n) is 8.11. The van der Waals surface area contributed by atoms with Gasteiger partial charge in [0.2, 0.25) is 11.8 Å². The minimum atomic E-state index is -0.305. The van der Waals surface area contributed by atoms with Gasteiger partial charge in [-0.05, 0) is 31.1 Å². The predicted octanol–water partition coefficient (Wildman–Crippen LogP) is 2.47. The Hall–Kier alpha value is -1.06. The summed E-state index contributed by atoms with van der Waals surface area (Å²) in [6.07, 6.45) is 7.21. The minimum absolute atomic E-state index is 0.0344. The van der Waals surface area contributed by atoms with Crippen LogP contribution in [-0.4, -0.2) is 35.3 Å². The second-order valence-corrected chi connectivity index (χ2v) is 6.76. The predicted molar refractivity (Wildman–Crippen MR) is 79.2 cm³/mol. The summed E-state index contributed by atoms with van der Waals surface area (Å²) in [5, 5.41) is 2.91. The molecule has 1 N–H and O–H groups in total. The second kappa shape index (κ2) is 6.15. The fourth-order valence-electron chi connectivity index (χ4n) is 3.70. The number of nitrogens with one attached hydrogen (secondary N) is 1. The van der Waals surface area contributed by atoms with Crippen molar-refractivity contribution in [2.75, 3.05) is 6.54 Å². The summed E-state index contributed by atoms with van der Waals surface area (Å²) < 4.78 is 0. The van der Waals surface area contributed by atoms with Gasteiger partial charge in [-0.2, -0.15) is 0 Å². The highest BCUT2D eigenvalue weighted by molar-refractivity contribution is 5.96. The molecule has 0 aromatic rings. The number of carbonyl (C=O) groups is 2. The molecule has 114 valence electrons. The lowest BCUT2D eigenvalue weighted by atomic mass is 9.86.